The highest BCUT2D eigenvalue weighted by Crippen LogP contribution is 2.18. The standard InChI is InChI=1S/C11H8BrNO2/c12-9-2-4-11-8(5-9)1-3-10(13-11)6-15-7-14/h1-5,7H,6H2. The number of aromatic nitrogens is 1. The minimum atomic E-state index is 0.218. The first kappa shape index (κ1) is 10.1. The molecule has 0 bridgehead atoms. The number of nitrogens with zero attached hydrogens (tertiary/aromatic N) is 1. The fourth-order valence-corrected chi connectivity index (χ4v) is 1.72. The molecule has 2 aromatic rings. The van der Waals surface area contributed by atoms with Gasteiger partial charge in [0.05, 0.1) is 11.2 Å². The van der Waals surface area contributed by atoms with E-state index in [0.29, 0.717) is 6.47 Å². The molecule has 1 aromatic heterocycles. The third-order valence-corrected chi connectivity index (χ3v) is 2.50. The van der Waals surface area contributed by atoms with E-state index in [9.17, 15) is 4.79 Å². The molecule has 0 saturated carbocycles. The van der Waals surface area contributed by atoms with E-state index < -0.39 is 0 Å². The van der Waals surface area contributed by atoms with Crippen LogP contribution < -0.4 is 0 Å². The van der Waals surface area contributed by atoms with Crippen LogP contribution in [0.25, 0.3) is 10.9 Å². The number of fused-ring (bicyclic) bond motifs is 1. The number of ether oxygens (including phenoxy) is 1. The maximum Gasteiger partial charge on any atom is 0.293 e. The summed E-state index contributed by atoms with van der Waals surface area (Å²) in [6.45, 7) is 0.642. The minimum Gasteiger partial charge on any atom is -0.461 e. The molecule has 1 heterocycles. The molecule has 0 spiro atoms. The Labute approximate surface area is 95.2 Å². The molecule has 15 heavy (non-hydrogen) atoms. The number of halogens is 1. The zero-order valence-electron chi connectivity index (χ0n) is 7.81. The molecule has 0 saturated heterocycles. The lowest BCUT2D eigenvalue weighted by Gasteiger charge is -2.02. The van der Waals surface area contributed by atoms with Crippen molar-refractivity contribution in [2.45, 2.75) is 6.61 Å². The number of pyridine rings is 1. The molecule has 0 fully saturated rings. The molecule has 0 aliphatic heterocycles. The number of hydrogen-bond acceptors (Lipinski definition) is 3. The lowest BCUT2D eigenvalue weighted by Crippen LogP contribution is -1.93. The van der Waals surface area contributed by atoms with E-state index in [0.717, 1.165) is 21.1 Å². The van der Waals surface area contributed by atoms with Gasteiger partial charge in [0.25, 0.3) is 6.47 Å². The van der Waals surface area contributed by atoms with Gasteiger partial charge in [-0.1, -0.05) is 22.0 Å². The molecule has 0 aliphatic carbocycles. The van der Waals surface area contributed by atoms with Crippen LogP contribution in [-0.4, -0.2) is 11.5 Å². The van der Waals surface area contributed by atoms with E-state index in [1.165, 1.54) is 0 Å². The molecule has 2 rings (SSSR count). The molecule has 76 valence electrons. The Morgan fingerprint density at radius 2 is 2.20 bits per heavy atom. The number of rotatable bonds is 3. The van der Waals surface area contributed by atoms with Crippen LogP contribution >= 0.6 is 15.9 Å². The van der Waals surface area contributed by atoms with Gasteiger partial charge in [-0.15, -0.1) is 0 Å². The molecule has 0 N–H and O–H groups in total. The second-order valence-corrected chi connectivity index (χ2v) is 3.96. The smallest absolute Gasteiger partial charge is 0.293 e. The number of benzene rings is 1. The minimum absolute atomic E-state index is 0.218. The Kier molecular flexibility index (Phi) is 2.97. The van der Waals surface area contributed by atoms with Crippen molar-refractivity contribution in [1.82, 2.24) is 4.98 Å². The van der Waals surface area contributed by atoms with E-state index in [-0.39, 0.29) is 6.61 Å². The highest BCUT2D eigenvalue weighted by Gasteiger charge is 1.99. The van der Waals surface area contributed by atoms with Crippen LogP contribution in [0.4, 0.5) is 0 Å². The average Bonchev–Trinajstić information content (AvgIpc) is 2.26. The van der Waals surface area contributed by atoms with Crippen molar-refractivity contribution in [2.24, 2.45) is 0 Å². The molecule has 3 nitrogen and oxygen atoms in total. The van der Waals surface area contributed by atoms with Crippen molar-refractivity contribution in [3.63, 3.8) is 0 Å². The van der Waals surface area contributed by atoms with Crippen LogP contribution in [0.1, 0.15) is 5.69 Å². The topological polar surface area (TPSA) is 39.2 Å². The van der Waals surface area contributed by atoms with Crippen LogP contribution in [0, 0.1) is 0 Å². The summed E-state index contributed by atoms with van der Waals surface area (Å²) in [6, 6.07) is 9.64. The molecule has 1 aromatic carbocycles. The van der Waals surface area contributed by atoms with Crippen molar-refractivity contribution in [3.05, 3.63) is 40.5 Å². The fourth-order valence-electron chi connectivity index (χ4n) is 1.34. The Balaban J connectivity index is 2.38. The number of hydrogen-bond donors (Lipinski definition) is 0. The summed E-state index contributed by atoms with van der Waals surface area (Å²) in [5.41, 5.74) is 1.64. The van der Waals surface area contributed by atoms with Gasteiger partial charge in [0, 0.05) is 9.86 Å². The van der Waals surface area contributed by atoms with Gasteiger partial charge >= 0.3 is 0 Å². The van der Waals surface area contributed by atoms with Crippen molar-refractivity contribution >= 4 is 33.3 Å². The molecule has 0 amide bonds. The van der Waals surface area contributed by atoms with E-state index in [2.05, 4.69) is 25.7 Å². The van der Waals surface area contributed by atoms with Gasteiger partial charge in [-0.05, 0) is 24.3 Å². The molecule has 0 radical (unpaired) electrons. The third kappa shape index (κ3) is 2.33. The lowest BCUT2D eigenvalue weighted by molar-refractivity contribution is -0.129. The van der Waals surface area contributed by atoms with Gasteiger partial charge in [-0.3, -0.25) is 4.79 Å². The summed E-state index contributed by atoms with van der Waals surface area (Å²) in [4.78, 5) is 14.4. The van der Waals surface area contributed by atoms with Gasteiger partial charge in [0.15, 0.2) is 0 Å². The molecule has 0 atom stereocenters. The first-order valence-electron chi connectivity index (χ1n) is 4.40. The molecule has 4 heteroatoms. The van der Waals surface area contributed by atoms with Crippen LogP contribution in [0.2, 0.25) is 0 Å². The summed E-state index contributed by atoms with van der Waals surface area (Å²) in [6.07, 6.45) is 0. The molecule has 0 unspecified atom stereocenters. The van der Waals surface area contributed by atoms with E-state index >= 15 is 0 Å². The monoisotopic (exact) mass is 265 g/mol. The zero-order chi connectivity index (χ0) is 10.7. The largest absolute Gasteiger partial charge is 0.461 e. The quantitative estimate of drug-likeness (QED) is 0.802. The lowest BCUT2D eigenvalue weighted by atomic mass is 10.2. The van der Waals surface area contributed by atoms with Crippen LogP contribution in [0.15, 0.2) is 34.8 Å². The first-order valence-corrected chi connectivity index (χ1v) is 5.19. The Morgan fingerprint density at radius 1 is 1.33 bits per heavy atom. The highest BCUT2D eigenvalue weighted by atomic mass is 79.9. The van der Waals surface area contributed by atoms with Crippen LogP contribution in [-0.2, 0) is 16.1 Å². The SMILES string of the molecule is O=COCc1ccc2cc(Br)ccc2n1. The van der Waals surface area contributed by atoms with Gasteiger partial charge in [0.1, 0.15) is 6.61 Å². The van der Waals surface area contributed by atoms with Gasteiger partial charge in [-0.25, -0.2) is 4.98 Å². The summed E-state index contributed by atoms with van der Waals surface area (Å²) in [5.74, 6) is 0. The maximum absolute atomic E-state index is 10.0. The van der Waals surface area contributed by atoms with Crippen LogP contribution in [0.3, 0.4) is 0 Å². The zero-order valence-corrected chi connectivity index (χ0v) is 9.40. The number of carbonyl (C=O) groups is 1. The predicted octanol–water partition coefficient (Wildman–Crippen LogP) is 2.67. The van der Waals surface area contributed by atoms with E-state index in [1.807, 2.05) is 30.3 Å². The van der Waals surface area contributed by atoms with Crippen molar-refractivity contribution < 1.29 is 9.53 Å². The van der Waals surface area contributed by atoms with E-state index in [1.54, 1.807) is 0 Å². The Hall–Kier alpha value is -1.42. The fraction of sp³-hybridized carbons (Fsp3) is 0.0909. The van der Waals surface area contributed by atoms with Crippen molar-refractivity contribution in [2.75, 3.05) is 0 Å². The molecular formula is C11H8BrNO2. The van der Waals surface area contributed by atoms with Crippen LogP contribution in [0.5, 0.6) is 0 Å². The average molecular weight is 266 g/mol. The van der Waals surface area contributed by atoms with Crippen molar-refractivity contribution in [1.29, 1.82) is 0 Å². The van der Waals surface area contributed by atoms with Gasteiger partial charge in [-0.2, -0.15) is 0 Å². The second kappa shape index (κ2) is 4.40. The summed E-state index contributed by atoms with van der Waals surface area (Å²) in [7, 11) is 0. The van der Waals surface area contributed by atoms with E-state index in [4.69, 9.17) is 0 Å². The second-order valence-electron chi connectivity index (χ2n) is 3.05. The van der Waals surface area contributed by atoms with Gasteiger partial charge in [0.2, 0.25) is 0 Å². The maximum atomic E-state index is 10.0. The number of carbonyl (C=O) groups excluding carboxylic acids is 1. The van der Waals surface area contributed by atoms with Gasteiger partial charge < -0.3 is 4.74 Å². The summed E-state index contributed by atoms with van der Waals surface area (Å²) >= 11 is 3.39. The third-order valence-electron chi connectivity index (χ3n) is 2.01. The highest BCUT2D eigenvalue weighted by molar-refractivity contribution is 9.10. The molecular weight excluding hydrogens is 258 g/mol. The summed E-state index contributed by atoms with van der Waals surface area (Å²) < 4.78 is 5.66. The Morgan fingerprint density at radius 3 is 3.00 bits per heavy atom. The summed E-state index contributed by atoms with van der Waals surface area (Å²) in [5, 5.41) is 1.05. The van der Waals surface area contributed by atoms with Crippen molar-refractivity contribution in [3.8, 4) is 0 Å². The first-order chi connectivity index (χ1) is 7.29. The molecule has 0 aliphatic rings. The predicted molar refractivity (Wildman–Crippen MR) is 60.3 cm³/mol. The Bertz CT molecular complexity index is 499. The normalized spacial score (nSPS) is 10.2.